The first-order chi connectivity index (χ1) is 9.23. The van der Waals surface area contributed by atoms with Crippen LogP contribution in [0, 0.1) is 5.41 Å². The quantitative estimate of drug-likeness (QED) is 0.736. The molecule has 0 spiro atoms. The van der Waals surface area contributed by atoms with E-state index in [9.17, 15) is 4.79 Å². The first-order valence-corrected chi connectivity index (χ1v) is 8.19. The number of ether oxygens (including phenoxy) is 1. The lowest BCUT2D eigenvalue weighted by atomic mass is 9.90. The van der Waals surface area contributed by atoms with Crippen LogP contribution in [0.1, 0.15) is 37.6 Å². The van der Waals surface area contributed by atoms with Gasteiger partial charge in [0.15, 0.2) is 0 Å². The van der Waals surface area contributed by atoms with Crippen molar-refractivity contribution in [3.8, 4) is 5.75 Å². The Morgan fingerprint density at radius 1 is 1.40 bits per heavy atom. The standard InChI is InChI=1S/C15H21Br2NO2/c1-15(2,3)8-11(17)9-18-14(19)12-6-5-10(16)7-13(12)20-4/h5-7,11H,8-9H2,1-4H3,(H,18,19). The number of alkyl halides is 1. The summed E-state index contributed by atoms with van der Waals surface area (Å²) in [6.07, 6.45) is 0.991. The second kappa shape index (κ2) is 7.46. The van der Waals surface area contributed by atoms with Crippen molar-refractivity contribution in [2.75, 3.05) is 13.7 Å². The molecule has 1 unspecified atom stereocenters. The van der Waals surface area contributed by atoms with Gasteiger partial charge in [0.2, 0.25) is 0 Å². The van der Waals surface area contributed by atoms with Gasteiger partial charge in [0, 0.05) is 15.8 Å². The molecule has 1 rings (SSSR count). The van der Waals surface area contributed by atoms with Crippen LogP contribution in [0.5, 0.6) is 5.75 Å². The number of methoxy groups -OCH3 is 1. The molecular weight excluding hydrogens is 386 g/mol. The Hall–Kier alpha value is -0.550. The molecule has 0 aliphatic carbocycles. The van der Waals surface area contributed by atoms with Crippen molar-refractivity contribution >= 4 is 37.8 Å². The summed E-state index contributed by atoms with van der Waals surface area (Å²) in [6, 6.07) is 5.37. The number of halogens is 2. The monoisotopic (exact) mass is 405 g/mol. The lowest BCUT2D eigenvalue weighted by Crippen LogP contribution is -2.31. The fourth-order valence-corrected chi connectivity index (χ4v) is 3.36. The second-order valence-corrected chi connectivity index (χ2v) is 8.13. The summed E-state index contributed by atoms with van der Waals surface area (Å²) >= 11 is 6.97. The third-order valence-corrected chi connectivity index (χ3v) is 3.87. The van der Waals surface area contributed by atoms with Crippen molar-refractivity contribution < 1.29 is 9.53 Å². The average molecular weight is 407 g/mol. The smallest absolute Gasteiger partial charge is 0.255 e. The number of rotatable bonds is 5. The lowest BCUT2D eigenvalue weighted by molar-refractivity contribution is 0.0949. The van der Waals surface area contributed by atoms with Crippen molar-refractivity contribution in [2.24, 2.45) is 5.41 Å². The molecule has 0 aliphatic heterocycles. The number of carbonyl (C=O) groups is 1. The molecule has 0 heterocycles. The lowest BCUT2D eigenvalue weighted by Gasteiger charge is -2.22. The fraction of sp³-hybridized carbons (Fsp3) is 0.533. The summed E-state index contributed by atoms with van der Waals surface area (Å²) in [5.74, 6) is 0.450. The zero-order valence-electron chi connectivity index (χ0n) is 12.3. The molecule has 112 valence electrons. The maximum absolute atomic E-state index is 12.2. The van der Waals surface area contributed by atoms with Crippen LogP contribution in [-0.2, 0) is 0 Å². The van der Waals surface area contributed by atoms with Crippen LogP contribution in [0.4, 0.5) is 0 Å². The van der Waals surface area contributed by atoms with Crippen LogP contribution < -0.4 is 10.1 Å². The van der Waals surface area contributed by atoms with Gasteiger partial charge in [-0.25, -0.2) is 0 Å². The van der Waals surface area contributed by atoms with Gasteiger partial charge in [0.25, 0.3) is 5.91 Å². The van der Waals surface area contributed by atoms with E-state index in [2.05, 4.69) is 57.9 Å². The maximum atomic E-state index is 12.2. The Labute approximate surface area is 137 Å². The van der Waals surface area contributed by atoms with Gasteiger partial charge in [0.1, 0.15) is 5.75 Å². The highest BCUT2D eigenvalue weighted by Gasteiger charge is 2.18. The first-order valence-electron chi connectivity index (χ1n) is 6.49. The fourth-order valence-electron chi connectivity index (χ4n) is 1.89. The van der Waals surface area contributed by atoms with Crippen molar-refractivity contribution in [2.45, 2.75) is 32.0 Å². The van der Waals surface area contributed by atoms with Gasteiger partial charge >= 0.3 is 0 Å². The van der Waals surface area contributed by atoms with E-state index in [1.807, 2.05) is 6.07 Å². The van der Waals surface area contributed by atoms with Crippen LogP contribution in [-0.4, -0.2) is 24.4 Å². The van der Waals surface area contributed by atoms with Crippen LogP contribution in [0.2, 0.25) is 0 Å². The van der Waals surface area contributed by atoms with E-state index in [-0.39, 0.29) is 16.1 Å². The SMILES string of the molecule is COc1cc(Br)ccc1C(=O)NCC(Br)CC(C)(C)C. The number of benzene rings is 1. The van der Waals surface area contributed by atoms with Crippen LogP contribution in [0.3, 0.4) is 0 Å². The molecule has 1 amide bonds. The Morgan fingerprint density at radius 3 is 2.60 bits per heavy atom. The average Bonchev–Trinajstić information content (AvgIpc) is 2.33. The summed E-state index contributed by atoms with van der Waals surface area (Å²) in [7, 11) is 1.56. The molecule has 1 N–H and O–H groups in total. The van der Waals surface area contributed by atoms with Gasteiger partial charge < -0.3 is 10.1 Å². The van der Waals surface area contributed by atoms with E-state index in [1.165, 1.54) is 0 Å². The Kier molecular flexibility index (Phi) is 6.52. The molecule has 5 heteroatoms. The topological polar surface area (TPSA) is 38.3 Å². The van der Waals surface area contributed by atoms with E-state index in [1.54, 1.807) is 19.2 Å². The third kappa shape index (κ3) is 5.83. The minimum Gasteiger partial charge on any atom is -0.496 e. The second-order valence-electron chi connectivity index (χ2n) is 5.92. The van der Waals surface area contributed by atoms with E-state index >= 15 is 0 Å². The highest BCUT2D eigenvalue weighted by molar-refractivity contribution is 9.10. The molecule has 0 fully saturated rings. The third-order valence-electron chi connectivity index (χ3n) is 2.73. The molecule has 1 aromatic rings. The molecular formula is C15H21Br2NO2. The number of hydrogen-bond acceptors (Lipinski definition) is 2. The van der Waals surface area contributed by atoms with Gasteiger partial charge in [-0.1, -0.05) is 52.6 Å². The summed E-state index contributed by atoms with van der Waals surface area (Å²) < 4.78 is 6.12. The number of hydrogen-bond donors (Lipinski definition) is 1. The molecule has 0 bridgehead atoms. The molecule has 1 aromatic carbocycles. The first kappa shape index (κ1) is 17.5. The van der Waals surface area contributed by atoms with Crippen LogP contribution >= 0.6 is 31.9 Å². The molecule has 3 nitrogen and oxygen atoms in total. The van der Waals surface area contributed by atoms with Gasteiger partial charge in [-0.2, -0.15) is 0 Å². The highest BCUT2D eigenvalue weighted by Crippen LogP contribution is 2.25. The summed E-state index contributed by atoms with van der Waals surface area (Å²) in [4.78, 5) is 12.4. The maximum Gasteiger partial charge on any atom is 0.255 e. The summed E-state index contributed by atoms with van der Waals surface area (Å²) in [5, 5.41) is 2.93. The summed E-state index contributed by atoms with van der Waals surface area (Å²) in [6.45, 7) is 7.14. The summed E-state index contributed by atoms with van der Waals surface area (Å²) in [5.41, 5.74) is 0.778. The predicted octanol–water partition coefficient (Wildman–Crippen LogP) is 4.39. The molecule has 0 saturated heterocycles. The molecule has 0 aliphatic rings. The Bertz CT molecular complexity index is 469. The van der Waals surface area contributed by atoms with Crippen molar-refractivity contribution in [1.82, 2.24) is 5.32 Å². The van der Waals surface area contributed by atoms with E-state index in [0.717, 1.165) is 10.9 Å². The van der Waals surface area contributed by atoms with Gasteiger partial charge in [-0.15, -0.1) is 0 Å². The van der Waals surface area contributed by atoms with Crippen molar-refractivity contribution in [3.63, 3.8) is 0 Å². The van der Waals surface area contributed by atoms with Gasteiger partial charge in [0.05, 0.1) is 12.7 Å². The Morgan fingerprint density at radius 2 is 2.05 bits per heavy atom. The molecule has 20 heavy (non-hydrogen) atoms. The zero-order chi connectivity index (χ0) is 15.3. The van der Waals surface area contributed by atoms with Crippen molar-refractivity contribution in [3.05, 3.63) is 28.2 Å². The minimum absolute atomic E-state index is 0.118. The zero-order valence-corrected chi connectivity index (χ0v) is 15.5. The molecule has 0 saturated carbocycles. The predicted molar refractivity (Wildman–Crippen MR) is 89.8 cm³/mol. The Balaban J connectivity index is 2.64. The van der Waals surface area contributed by atoms with Crippen LogP contribution in [0.15, 0.2) is 22.7 Å². The largest absolute Gasteiger partial charge is 0.496 e. The normalized spacial score (nSPS) is 12.9. The van der Waals surface area contributed by atoms with E-state index < -0.39 is 0 Å². The van der Waals surface area contributed by atoms with E-state index in [4.69, 9.17) is 4.74 Å². The highest BCUT2D eigenvalue weighted by atomic mass is 79.9. The molecule has 0 aromatic heterocycles. The van der Waals surface area contributed by atoms with Gasteiger partial charge in [-0.3, -0.25) is 4.79 Å². The van der Waals surface area contributed by atoms with E-state index in [0.29, 0.717) is 17.9 Å². The minimum atomic E-state index is -0.118. The number of amides is 1. The molecule has 0 radical (unpaired) electrons. The number of carbonyl (C=O) groups excluding carboxylic acids is 1. The molecule has 1 atom stereocenters. The van der Waals surface area contributed by atoms with Crippen molar-refractivity contribution in [1.29, 1.82) is 0 Å². The van der Waals surface area contributed by atoms with Gasteiger partial charge in [-0.05, 0) is 30.0 Å². The number of nitrogens with one attached hydrogen (secondary N) is 1. The van der Waals surface area contributed by atoms with Crippen LogP contribution in [0.25, 0.3) is 0 Å².